The molecule has 0 radical (unpaired) electrons. The van der Waals surface area contributed by atoms with E-state index in [-0.39, 0.29) is 12.3 Å². The molecule has 82 valence electrons. The van der Waals surface area contributed by atoms with Crippen LogP contribution in [0.5, 0.6) is 0 Å². The summed E-state index contributed by atoms with van der Waals surface area (Å²) in [6, 6.07) is 5.07. The lowest BCUT2D eigenvalue weighted by Crippen LogP contribution is -2.07. The number of anilines is 1. The zero-order valence-corrected chi connectivity index (χ0v) is 8.56. The average molecular weight is 210 g/mol. The third kappa shape index (κ3) is 2.92. The van der Waals surface area contributed by atoms with Gasteiger partial charge >= 0.3 is 0 Å². The molecule has 0 spiro atoms. The van der Waals surface area contributed by atoms with Crippen LogP contribution in [0.2, 0.25) is 0 Å². The number of nitrogens with one attached hydrogen (secondary N) is 1. The van der Waals surface area contributed by atoms with Gasteiger partial charge in [0.2, 0.25) is 0 Å². The van der Waals surface area contributed by atoms with Crippen molar-refractivity contribution in [2.75, 3.05) is 18.5 Å². The van der Waals surface area contributed by atoms with Crippen molar-refractivity contribution in [3.63, 3.8) is 0 Å². The van der Waals surface area contributed by atoms with Gasteiger partial charge in [-0.15, -0.1) is 0 Å². The Balaban J connectivity index is 2.98. The summed E-state index contributed by atoms with van der Waals surface area (Å²) in [5, 5.41) is 22.2. The molecule has 2 N–H and O–H groups in total. The van der Waals surface area contributed by atoms with Gasteiger partial charge in [0.1, 0.15) is 5.69 Å². The second-order valence-corrected chi connectivity index (χ2v) is 3.11. The summed E-state index contributed by atoms with van der Waals surface area (Å²) in [5.41, 5.74) is 1.44. The number of hydrogen-bond acceptors (Lipinski definition) is 4. The lowest BCUT2D eigenvalue weighted by atomic mass is 10.1. The summed E-state index contributed by atoms with van der Waals surface area (Å²) in [7, 11) is 0. The molecule has 1 rings (SSSR count). The summed E-state index contributed by atoms with van der Waals surface area (Å²) in [6.45, 7) is 2.21. The van der Waals surface area contributed by atoms with Crippen molar-refractivity contribution in [1.82, 2.24) is 0 Å². The Morgan fingerprint density at radius 2 is 2.27 bits per heavy atom. The topological polar surface area (TPSA) is 75.4 Å². The molecule has 0 unspecified atom stereocenters. The number of aliphatic hydroxyl groups is 1. The Bertz CT molecular complexity index is 353. The van der Waals surface area contributed by atoms with Gasteiger partial charge in [-0.25, -0.2) is 0 Å². The molecular formula is C10H14N2O3. The van der Waals surface area contributed by atoms with Crippen molar-refractivity contribution in [1.29, 1.82) is 0 Å². The van der Waals surface area contributed by atoms with Crippen LogP contribution in [0.4, 0.5) is 11.4 Å². The minimum atomic E-state index is -0.418. The van der Waals surface area contributed by atoms with E-state index in [9.17, 15) is 10.1 Å². The summed E-state index contributed by atoms with van der Waals surface area (Å²) in [4.78, 5) is 10.3. The maximum absolute atomic E-state index is 10.8. The van der Waals surface area contributed by atoms with Gasteiger partial charge in [0.25, 0.3) is 5.69 Å². The van der Waals surface area contributed by atoms with Crippen molar-refractivity contribution in [3.05, 3.63) is 33.9 Å². The lowest BCUT2D eigenvalue weighted by Gasteiger charge is -2.06. The van der Waals surface area contributed by atoms with Crippen LogP contribution in [0.25, 0.3) is 0 Å². The maximum atomic E-state index is 10.8. The summed E-state index contributed by atoms with van der Waals surface area (Å²) in [5.74, 6) is 0. The van der Waals surface area contributed by atoms with Gasteiger partial charge in [0.15, 0.2) is 0 Å². The number of nitro benzene ring substituents is 1. The number of aliphatic hydroxyl groups excluding tert-OH is 1. The average Bonchev–Trinajstić information content (AvgIpc) is 2.26. The Labute approximate surface area is 87.9 Å². The normalized spacial score (nSPS) is 10.0. The van der Waals surface area contributed by atoms with E-state index in [0.717, 1.165) is 12.0 Å². The second kappa shape index (κ2) is 5.31. The van der Waals surface area contributed by atoms with Gasteiger partial charge in [-0.1, -0.05) is 13.0 Å². The molecule has 0 aliphatic heterocycles. The highest BCUT2D eigenvalue weighted by molar-refractivity contribution is 5.62. The Hall–Kier alpha value is -1.62. The summed E-state index contributed by atoms with van der Waals surface area (Å²) >= 11 is 0. The third-order valence-corrected chi connectivity index (χ3v) is 2.09. The third-order valence-electron chi connectivity index (χ3n) is 2.09. The fourth-order valence-corrected chi connectivity index (χ4v) is 1.29. The minimum Gasteiger partial charge on any atom is -0.395 e. The fourth-order valence-electron chi connectivity index (χ4n) is 1.29. The number of nitro groups is 1. The predicted octanol–water partition coefficient (Wildman–Crippen LogP) is 1.56. The van der Waals surface area contributed by atoms with Crippen molar-refractivity contribution in [2.45, 2.75) is 13.3 Å². The first kappa shape index (κ1) is 11.5. The number of hydrogen-bond donors (Lipinski definition) is 2. The van der Waals surface area contributed by atoms with Crippen LogP contribution in [0.15, 0.2) is 18.2 Å². The SMILES string of the molecule is CCc1ccc(NCCO)c([N+](=O)[O-])c1. The van der Waals surface area contributed by atoms with Crippen LogP contribution in [-0.4, -0.2) is 23.2 Å². The maximum Gasteiger partial charge on any atom is 0.292 e. The molecule has 0 atom stereocenters. The molecule has 0 heterocycles. The molecule has 0 aliphatic rings. The molecule has 5 nitrogen and oxygen atoms in total. The summed E-state index contributed by atoms with van der Waals surface area (Å²) in [6.07, 6.45) is 0.765. The highest BCUT2D eigenvalue weighted by Crippen LogP contribution is 2.25. The lowest BCUT2D eigenvalue weighted by molar-refractivity contribution is -0.384. The van der Waals surface area contributed by atoms with Crippen molar-refractivity contribution >= 4 is 11.4 Å². The highest BCUT2D eigenvalue weighted by Gasteiger charge is 2.13. The summed E-state index contributed by atoms with van der Waals surface area (Å²) < 4.78 is 0. The first-order chi connectivity index (χ1) is 7.19. The molecule has 1 aromatic carbocycles. The molecule has 0 aliphatic carbocycles. The van der Waals surface area contributed by atoms with Gasteiger partial charge in [0.05, 0.1) is 11.5 Å². The number of nitrogens with zero attached hydrogens (tertiary/aromatic N) is 1. The van der Waals surface area contributed by atoms with E-state index in [1.807, 2.05) is 13.0 Å². The highest BCUT2D eigenvalue weighted by atomic mass is 16.6. The van der Waals surface area contributed by atoms with E-state index in [1.54, 1.807) is 12.1 Å². The van der Waals surface area contributed by atoms with Crippen LogP contribution in [-0.2, 0) is 6.42 Å². The van der Waals surface area contributed by atoms with Crippen molar-refractivity contribution in [2.24, 2.45) is 0 Å². The van der Waals surface area contributed by atoms with E-state index < -0.39 is 4.92 Å². The van der Waals surface area contributed by atoms with Crippen LogP contribution in [0.1, 0.15) is 12.5 Å². The molecule has 0 fully saturated rings. The first-order valence-corrected chi connectivity index (χ1v) is 4.81. The molecule has 1 aromatic rings. The van der Waals surface area contributed by atoms with Crippen LogP contribution in [0.3, 0.4) is 0 Å². The molecular weight excluding hydrogens is 196 g/mol. The molecule has 0 bridgehead atoms. The van der Waals surface area contributed by atoms with Gasteiger partial charge in [-0.3, -0.25) is 10.1 Å². The van der Waals surface area contributed by atoms with Crippen molar-refractivity contribution < 1.29 is 10.0 Å². The van der Waals surface area contributed by atoms with Gasteiger partial charge in [0, 0.05) is 12.6 Å². The van der Waals surface area contributed by atoms with Crippen molar-refractivity contribution in [3.8, 4) is 0 Å². The first-order valence-electron chi connectivity index (χ1n) is 4.81. The zero-order valence-electron chi connectivity index (χ0n) is 8.56. The molecule has 5 heteroatoms. The molecule has 0 amide bonds. The molecule has 15 heavy (non-hydrogen) atoms. The number of aryl methyl sites for hydroxylation is 1. The monoisotopic (exact) mass is 210 g/mol. The Kier molecular flexibility index (Phi) is 4.05. The molecule has 0 aromatic heterocycles. The number of rotatable bonds is 5. The zero-order chi connectivity index (χ0) is 11.3. The van der Waals surface area contributed by atoms with E-state index in [2.05, 4.69) is 5.32 Å². The van der Waals surface area contributed by atoms with Gasteiger partial charge in [-0.2, -0.15) is 0 Å². The Morgan fingerprint density at radius 1 is 1.53 bits per heavy atom. The fraction of sp³-hybridized carbons (Fsp3) is 0.400. The smallest absolute Gasteiger partial charge is 0.292 e. The Morgan fingerprint density at radius 3 is 2.80 bits per heavy atom. The van der Waals surface area contributed by atoms with E-state index in [4.69, 9.17) is 5.11 Å². The van der Waals surface area contributed by atoms with E-state index in [1.165, 1.54) is 0 Å². The standard InChI is InChI=1S/C10H14N2O3/c1-2-8-3-4-9(11-5-6-13)10(7-8)12(14)15/h3-4,7,11,13H,2,5-6H2,1H3. The largest absolute Gasteiger partial charge is 0.395 e. The second-order valence-electron chi connectivity index (χ2n) is 3.11. The number of benzene rings is 1. The quantitative estimate of drug-likeness (QED) is 0.571. The molecule has 0 saturated carbocycles. The van der Waals surface area contributed by atoms with Gasteiger partial charge in [-0.05, 0) is 18.1 Å². The van der Waals surface area contributed by atoms with Crippen LogP contribution in [0, 0.1) is 10.1 Å². The van der Waals surface area contributed by atoms with E-state index >= 15 is 0 Å². The predicted molar refractivity (Wildman–Crippen MR) is 58.0 cm³/mol. The van der Waals surface area contributed by atoms with E-state index in [0.29, 0.717) is 12.2 Å². The molecule has 0 saturated heterocycles. The van der Waals surface area contributed by atoms with Crippen LogP contribution < -0.4 is 5.32 Å². The van der Waals surface area contributed by atoms with Gasteiger partial charge < -0.3 is 10.4 Å². The van der Waals surface area contributed by atoms with Crippen LogP contribution >= 0.6 is 0 Å². The minimum absolute atomic E-state index is 0.0489.